The Morgan fingerprint density at radius 1 is 0.882 bits per heavy atom. The number of benzene rings is 3. The smallest absolute Gasteiger partial charge is 0.187 e. The Hall–Kier alpha value is -3.38. The molecule has 2 fully saturated rings. The van der Waals surface area contributed by atoms with E-state index in [0.29, 0.717) is 11.1 Å². The first kappa shape index (κ1) is 21.2. The summed E-state index contributed by atoms with van der Waals surface area (Å²) in [6.07, 6.45) is 1.72. The van der Waals surface area contributed by atoms with Gasteiger partial charge in [-0.15, -0.1) is 0 Å². The zero-order chi connectivity index (χ0) is 23.6. The van der Waals surface area contributed by atoms with Gasteiger partial charge in [-0.05, 0) is 35.7 Å². The molecule has 34 heavy (non-hydrogen) atoms. The van der Waals surface area contributed by atoms with Crippen LogP contribution in [-0.2, 0) is 9.59 Å². The lowest BCUT2D eigenvalue weighted by molar-refractivity contribution is -0.126. The van der Waals surface area contributed by atoms with Gasteiger partial charge < -0.3 is 0 Å². The van der Waals surface area contributed by atoms with Gasteiger partial charge in [-0.2, -0.15) is 5.10 Å². The first-order valence-electron chi connectivity index (χ1n) is 11.3. The number of carbonyl (C=O) groups is 3. The second kappa shape index (κ2) is 7.84. The van der Waals surface area contributed by atoms with E-state index in [1.165, 1.54) is 0 Å². The van der Waals surface area contributed by atoms with E-state index in [1.54, 1.807) is 23.4 Å². The van der Waals surface area contributed by atoms with Gasteiger partial charge in [-0.1, -0.05) is 82.2 Å². The number of hydrazone groups is 1. The third-order valence-electron chi connectivity index (χ3n) is 7.32. The van der Waals surface area contributed by atoms with Crippen LogP contribution in [0.1, 0.15) is 44.6 Å². The van der Waals surface area contributed by atoms with Crippen molar-refractivity contribution >= 4 is 39.5 Å². The SMILES string of the molecule is Cc1ccc([C@@H]2C(=O)[C@@H]3[C@H](C2=O)[C@H]2c4ccccc4C=NN2[C@H]3C(=O)c2ccc(Br)cc2)cc1. The van der Waals surface area contributed by atoms with Gasteiger partial charge >= 0.3 is 0 Å². The van der Waals surface area contributed by atoms with E-state index >= 15 is 0 Å². The summed E-state index contributed by atoms with van der Waals surface area (Å²) in [6.45, 7) is 1.97. The topological polar surface area (TPSA) is 66.8 Å². The Morgan fingerprint density at radius 3 is 2.29 bits per heavy atom. The molecule has 0 amide bonds. The van der Waals surface area contributed by atoms with Gasteiger partial charge in [0.15, 0.2) is 17.3 Å². The lowest BCUT2D eigenvalue weighted by Gasteiger charge is -2.33. The van der Waals surface area contributed by atoms with Crippen LogP contribution in [-0.4, -0.2) is 34.6 Å². The highest BCUT2D eigenvalue weighted by atomic mass is 79.9. The average Bonchev–Trinajstić information content (AvgIpc) is 3.32. The molecule has 5 nitrogen and oxygen atoms in total. The third kappa shape index (κ3) is 3.05. The Balaban J connectivity index is 1.49. The standard InChI is InChI=1S/C28H21BrN2O3/c1-15-6-8-16(9-7-15)21-27(33)22-23(28(21)34)25(26(32)17-10-12-19(29)13-11-17)31-24(22)20-5-3-2-4-18(20)14-30-31/h2-14,21-25H,1H3/t21-,22-,23+,24+,25+/m0/s1. The Bertz CT molecular complexity index is 1360. The molecule has 3 aromatic rings. The molecule has 0 bridgehead atoms. The van der Waals surface area contributed by atoms with E-state index in [9.17, 15) is 14.4 Å². The predicted octanol–water partition coefficient (Wildman–Crippen LogP) is 4.88. The monoisotopic (exact) mass is 512 g/mol. The summed E-state index contributed by atoms with van der Waals surface area (Å²) in [7, 11) is 0. The van der Waals surface area contributed by atoms with Crippen LogP contribution >= 0.6 is 15.9 Å². The number of halogens is 1. The van der Waals surface area contributed by atoms with Crippen LogP contribution in [0.3, 0.4) is 0 Å². The highest BCUT2D eigenvalue weighted by Crippen LogP contribution is 2.55. The maximum atomic E-state index is 13.9. The molecule has 6 heteroatoms. The fraction of sp³-hybridized carbons (Fsp3) is 0.214. The number of fused-ring (bicyclic) bond motifs is 5. The van der Waals surface area contributed by atoms with Crippen molar-refractivity contribution < 1.29 is 14.4 Å². The van der Waals surface area contributed by atoms with Gasteiger partial charge in [0.25, 0.3) is 0 Å². The number of ketones is 3. The maximum absolute atomic E-state index is 13.9. The summed E-state index contributed by atoms with van der Waals surface area (Å²) in [5.41, 5.74) is 4.11. The van der Waals surface area contributed by atoms with Crippen LogP contribution in [0.5, 0.6) is 0 Å². The fourth-order valence-electron chi connectivity index (χ4n) is 5.75. The number of hydrogen-bond acceptors (Lipinski definition) is 5. The van der Waals surface area contributed by atoms with Crippen LogP contribution in [0.15, 0.2) is 82.4 Å². The summed E-state index contributed by atoms with van der Waals surface area (Å²) in [4.78, 5) is 41.6. The summed E-state index contributed by atoms with van der Waals surface area (Å²) in [6, 6.07) is 21.2. The van der Waals surface area contributed by atoms with Gasteiger partial charge in [0.2, 0.25) is 0 Å². The Kier molecular flexibility index (Phi) is 4.88. The van der Waals surface area contributed by atoms with Crippen LogP contribution in [0, 0.1) is 18.8 Å². The quantitative estimate of drug-likeness (QED) is 0.370. The lowest BCUT2D eigenvalue weighted by atomic mass is 9.83. The Morgan fingerprint density at radius 2 is 1.56 bits per heavy atom. The van der Waals surface area contributed by atoms with Crippen molar-refractivity contribution in [2.75, 3.05) is 0 Å². The molecule has 1 saturated heterocycles. The van der Waals surface area contributed by atoms with Crippen LogP contribution in [0.25, 0.3) is 0 Å². The minimum absolute atomic E-state index is 0.119. The Labute approximate surface area is 205 Å². The van der Waals surface area contributed by atoms with Crippen molar-refractivity contribution in [1.82, 2.24) is 5.01 Å². The number of nitrogens with zero attached hydrogens (tertiary/aromatic N) is 2. The molecule has 6 rings (SSSR count). The molecule has 2 heterocycles. The second-order valence-corrected chi connectivity index (χ2v) is 10.1. The number of aryl methyl sites for hydroxylation is 1. The summed E-state index contributed by atoms with van der Waals surface area (Å²) >= 11 is 3.41. The average molecular weight is 513 g/mol. The largest absolute Gasteiger partial charge is 0.298 e. The fourth-order valence-corrected chi connectivity index (χ4v) is 6.01. The minimum atomic E-state index is -0.851. The van der Waals surface area contributed by atoms with Gasteiger partial charge in [-0.3, -0.25) is 19.4 Å². The highest BCUT2D eigenvalue weighted by molar-refractivity contribution is 9.10. The molecule has 2 aliphatic heterocycles. The first-order valence-corrected chi connectivity index (χ1v) is 12.1. The van der Waals surface area contributed by atoms with E-state index < -0.39 is 29.8 Å². The molecule has 1 aliphatic carbocycles. The molecule has 0 unspecified atom stereocenters. The molecular formula is C28H21BrN2O3. The van der Waals surface area contributed by atoms with E-state index in [1.807, 2.05) is 67.6 Å². The second-order valence-electron chi connectivity index (χ2n) is 9.21. The molecule has 0 spiro atoms. The normalized spacial score (nSPS) is 26.9. The van der Waals surface area contributed by atoms with Gasteiger partial charge in [0.05, 0.1) is 24.1 Å². The van der Waals surface area contributed by atoms with Crippen LogP contribution in [0.2, 0.25) is 0 Å². The molecule has 5 atom stereocenters. The number of hydrogen-bond donors (Lipinski definition) is 0. The minimum Gasteiger partial charge on any atom is -0.298 e. The molecule has 1 saturated carbocycles. The molecule has 3 aliphatic rings. The molecule has 0 aromatic heterocycles. The first-order chi connectivity index (χ1) is 16.5. The van der Waals surface area contributed by atoms with E-state index in [-0.39, 0.29) is 17.3 Å². The van der Waals surface area contributed by atoms with Crippen LogP contribution < -0.4 is 0 Å². The van der Waals surface area contributed by atoms with Crippen molar-refractivity contribution in [2.24, 2.45) is 16.9 Å². The van der Waals surface area contributed by atoms with Gasteiger partial charge in [-0.25, -0.2) is 0 Å². The summed E-state index contributed by atoms with van der Waals surface area (Å²) in [5, 5.41) is 6.32. The number of rotatable bonds is 3. The maximum Gasteiger partial charge on any atom is 0.187 e. The lowest BCUT2D eigenvalue weighted by Crippen LogP contribution is -2.41. The van der Waals surface area contributed by atoms with Crippen molar-refractivity contribution in [1.29, 1.82) is 0 Å². The predicted molar refractivity (Wildman–Crippen MR) is 132 cm³/mol. The molecular weight excluding hydrogens is 492 g/mol. The number of Topliss-reactive ketones (excluding diaryl/α,β-unsaturated/α-hetero) is 3. The van der Waals surface area contributed by atoms with Gasteiger partial charge in [0.1, 0.15) is 12.0 Å². The summed E-state index contributed by atoms with van der Waals surface area (Å²) < 4.78 is 0.864. The van der Waals surface area contributed by atoms with E-state index in [0.717, 1.165) is 21.2 Å². The van der Waals surface area contributed by atoms with Crippen molar-refractivity contribution in [3.63, 3.8) is 0 Å². The number of carbonyl (C=O) groups excluding carboxylic acids is 3. The zero-order valence-corrected chi connectivity index (χ0v) is 20.0. The third-order valence-corrected chi connectivity index (χ3v) is 7.84. The van der Waals surface area contributed by atoms with Gasteiger partial charge in [0, 0.05) is 10.0 Å². The van der Waals surface area contributed by atoms with E-state index in [2.05, 4.69) is 21.0 Å². The van der Waals surface area contributed by atoms with Crippen molar-refractivity contribution in [3.05, 3.63) is 105 Å². The van der Waals surface area contributed by atoms with Crippen LogP contribution in [0.4, 0.5) is 0 Å². The zero-order valence-electron chi connectivity index (χ0n) is 18.4. The molecule has 168 valence electrons. The molecule has 3 aromatic carbocycles. The van der Waals surface area contributed by atoms with Crippen molar-refractivity contribution in [3.8, 4) is 0 Å². The summed E-state index contributed by atoms with van der Waals surface area (Å²) in [5.74, 6) is -2.71. The van der Waals surface area contributed by atoms with E-state index in [4.69, 9.17) is 0 Å². The molecule has 0 radical (unpaired) electrons. The highest BCUT2D eigenvalue weighted by Gasteiger charge is 2.65. The van der Waals surface area contributed by atoms with Crippen molar-refractivity contribution in [2.45, 2.75) is 24.9 Å². The molecule has 0 N–H and O–H groups in total.